The van der Waals surface area contributed by atoms with E-state index in [0.29, 0.717) is 0 Å². The van der Waals surface area contributed by atoms with Crippen LogP contribution in [0, 0.1) is 0 Å². The first-order valence-electron chi connectivity index (χ1n) is 6.10. The molecule has 0 aromatic heterocycles. The molecule has 0 amide bonds. The molecule has 0 saturated heterocycles. The van der Waals surface area contributed by atoms with Crippen molar-refractivity contribution in [2.75, 3.05) is 0 Å². The molecule has 2 aromatic carbocycles. The Morgan fingerprint density at radius 2 is 1.00 bits per heavy atom. The zero-order valence-electron chi connectivity index (χ0n) is 11.2. The molecule has 0 spiro atoms. The molecule has 2 heteroatoms. The van der Waals surface area contributed by atoms with Gasteiger partial charge in [-0.05, 0) is 61.7 Å². The lowest BCUT2D eigenvalue weighted by Crippen LogP contribution is -2.08. The zero-order chi connectivity index (χ0) is 13.6. The molecule has 0 nitrogen and oxygen atoms in total. The van der Waals surface area contributed by atoms with Crippen LogP contribution in [-0.2, 0) is 9.75 Å². The maximum Gasteiger partial charge on any atom is 0.0639 e. The maximum atomic E-state index is 6.34. The fourth-order valence-corrected chi connectivity index (χ4v) is 2.22. The van der Waals surface area contributed by atoms with Crippen molar-refractivity contribution in [2.24, 2.45) is 0 Å². The van der Waals surface area contributed by atoms with Gasteiger partial charge in [-0.1, -0.05) is 24.3 Å². The van der Waals surface area contributed by atoms with Crippen LogP contribution < -0.4 is 0 Å². The summed E-state index contributed by atoms with van der Waals surface area (Å²) >= 11 is 12.7. The SMILES string of the molecule is CC(C)(Cl)c1ccc2cc(C(C)(C)Cl)ccc2c1. The van der Waals surface area contributed by atoms with E-state index in [4.69, 9.17) is 23.2 Å². The minimum absolute atomic E-state index is 0.335. The number of hydrogen-bond donors (Lipinski definition) is 0. The van der Waals surface area contributed by atoms with Gasteiger partial charge in [0.2, 0.25) is 0 Å². The number of fused-ring (bicyclic) bond motifs is 1. The van der Waals surface area contributed by atoms with Crippen molar-refractivity contribution in [2.45, 2.75) is 37.4 Å². The van der Waals surface area contributed by atoms with Crippen molar-refractivity contribution in [1.82, 2.24) is 0 Å². The minimum Gasteiger partial charge on any atom is -0.115 e. The summed E-state index contributed by atoms with van der Waals surface area (Å²) in [6.45, 7) is 8.02. The average Bonchev–Trinajstić information content (AvgIpc) is 2.25. The van der Waals surface area contributed by atoms with Crippen LogP contribution in [-0.4, -0.2) is 0 Å². The third-order valence-corrected chi connectivity index (χ3v) is 3.65. The van der Waals surface area contributed by atoms with Crippen molar-refractivity contribution in [1.29, 1.82) is 0 Å². The fourth-order valence-electron chi connectivity index (χ4n) is 1.99. The van der Waals surface area contributed by atoms with Gasteiger partial charge in [-0.3, -0.25) is 0 Å². The van der Waals surface area contributed by atoms with Crippen LogP contribution in [0.4, 0.5) is 0 Å². The smallest absolute Gasteiger partial charge is 0.0639 e. The first-order valence-corrected chi connectivity index (χ1v) is 6.86. The molecular formula is C16H18Cl2. The lowest BCUT2D eigenvalue weighted by molar-refractivity contribution is 0.765. The summed E-state index contributed by atoms with van der Waals surface area (Å²) in [6.07, 6.45) is 0. The second kappa shape index (κ2) is 4.43. The van der Waals surface area contributed by atoms with Gasteiger partial charge in [-0.2, -0.15) is 0 Å². The van der Waals surface area contributed by atoms with Gasteiger partial charge in [0.05, 0.1) is 9.75 Å². The Hall–Kier alpha value is -0.720. The Bertz CT molecular complexity index is 518. The second-order valence-electron chi connectivity index (χ2n) is 5.72. The largest absolute Gasteiger partial charge is 0.115 e. The number of alkyl halides is 2. The number of rotatable bonds is 2. The second-order valence-corrected chi connectivity index (χ2v) is 7.61. The molecule has 0 aliphatic carbocycles. The number of benzene rings is 2. The third-order valence-electron chi connectivity index (χ3n) is 3.21. The number of halogens is 2. The molecule has 18 heavy (non-hydrogen) atoms. The molecular weight excluding hydrogens is 263 g/mol. The van der Waals surface area contributed by atoms with E-state index >= 15 is 0 Å². The highest BCUT2D eigenvalue weighted by Gasteiger charge is 2.18. The summed E-state index contributed by atoms with van der Waals surface area (Å²) in [5.41, 5.74) is 2.27. The normalized spacial score (nSPS) is 13.0. The molecule has 96 valence electrons. The van der Waals surface area contributed by atoms with E-state index in [0.717, 1.165) is 11.1 Å². The molecule has 0 unspecified atom stereocenters. The lowest BCUT2D eigenvalue weighted by atomic mass is 9.95. The first-order chi connectivity index (χ1) is 8.18. The predicted molar refractivity (Wildman–Crippen MR) is 81.7 cm³/mol. The Morgan fingerprint density at radius 1 is 0.667 bits per heavy atom. The van der Waals surface area contributed by atoms with E-state index in [-0.39, 0.29) is 9.75 Å². The van der Waals surface area contributed by atoms with Gasteiger partial charge in [0.25, 0.3) is 0 Å². The third kappa shape index (κ3) is 2.81. The van der Waals surface area contributed by atoms with E-state index in [1.165, 1.54) is 10.8 Å². The standard InChI is InChI=1S/C16H18Cl2/c1-15(2,17)13-7-5-12-10-14(16(3,4)18)8-6-11(12)9-13/h5-10H,1-4H3. The van der Waals surface area contributed by atoms with Crippen molar-refractivity contribution in [3.63, 3.8) is 0 Å². The fraction of sp³-hybridized carbons (Fsp3) is 0.375. The zero-order valence-corrected chi connectivity index (χ0v) is 12.7. The van der Waals surface area contributed by atoms with E-state index in [1.807, 2.05) is 27.7 Å². The summed E-state index contributed by atoms with van der Waals surface area (Å²) in [4.78, 5) is -0.669. The van der Waals surface area contributed by atoms with Gasteiger partial charge in [0.1, 0.15) is 0 Å². The van der Waals surface area contributed by atoms with Gasteiger partial charge >= 0.3 is 0 Å². The van der Waals surface area contributed by atoms with Gasteiger partial charge < -0.3 is 0 Å². The molecule has 0 bridgehead atoms. The van der Waals surface area contributed by atoms with Crippen molar-refractivity contribution >= 4 is 34.0 Å². The van der Waals surface area contributed by atoms with Gasteiger partial charge in [-0.15, -0.1) is 23.2 Å². The predicted octanol–water partition coefficient (Wildman–Crippen LogP) is 5.79. The van der Waals surface area contributed by atoms with Crippen LogP contribution in [0.5, 0.6) is 0 Å². The molecule has 0 saturated carbocycles. The van der Waals surface area contributed by atoms with E-state index < -0.39 is 0 Å². The highest BCUT2D eigenvalue weighted by Crippen LogP contribution is 2.33. The maximum absolute atomic E-state index is 6.34. The Labute approximate surface area is 119 Å². The molecule has 2 aromatic rings. The van der Waals surface area contributed by atoms with Crippen LogP contribution >= 0.6 is 23.2 Å². The number of hydrogen-bond acceptors (Lipinski definition) is 0. The topological polar surface area (TPSA) is 0 Å². The van der Waals surface area contributed by atoms with Gasteiger partial charge in [0.15, 0.2) is 0 Å². The Balaban J connectivity index is 2.56. The lowest BCUT2D eigenvalue weighted by Gasteiger charge is -2.19. The molecule has 0 atom stereocenters. The minimum atomic E-state index is -0.335. The van der Waals surface area contributed by atoms with Crippen molar-refractivity contribution < 1.29 is 0 Å². The average molecular weight is 281 g/mol. The van der Waals surface area contributed by atoms with Crippen LogP contribution in [0.15, 0.2) is 36.4 Å². The van der Waals surface area contributed by atoms with Gasteiger partial charge in [-0.25, -0.2) is 0 Å². The summed E-state index contributed by atoms with van der Waals surface area (Å²) in [6, 6.07) is 12.7. The first kappa shape index (κ1) is 13.7. The summed E-state index contributed by atoms with van der Waals surface area (Å²) in [7, 11) is 0. The van der Waals surface area contributed by atoms with Crippen molar-refractivity contribution in [3.8, 4) is 0 Å². The summed E-state index contributed by atoms with van der Waals surface area (Å²) in [5, 5.41) is 2.40. The molecule has 0 aliphatic rings. The summed E-state index contributed by atoms with van der Waals surface area (Å²) < 4.78 is 0. The Morgan fingerprint density at radius 3 is 1.28 bits per heavy atom. The van der Waals surface area contributed by atoms with E-state index in [2.05, 4.69) is 36.4 Å². The monoisotopic (exact) mass is 280 g/mol. The van der Waals surface area contributed by atoms with Crippen LogP contribution in [0.2, 0.25) is 0 Å². The Kier molecular flexibility index (Phi) is 3.38. The molecule has 0 radical (unpaired) electrons. The highest BCUT2D eigenvalue weighted by atomic mass is 35.5. The van der Waals surface area contributed by atoms with E-state index in [1.54, 1.807) is 0 Å². The van der Waals surface area contributed by atoms with Gasteiger partial charge in [0, 0.05) is 0 Å². The highest BCUT2D eigenvalue weighted by molar-refractivity contribution is 6.24. The van der Waals surface area contributed by atoms with Crippen LogP contribution in [0.25, 0.3) is 10.8 Å². The van der Waals surface area contributed by atoms with Crippen molar-refractivity contribution in [3.05, 3.63) is 47.5 Å². The molecule has 2 rings (SSSR count). The van der Waals surface area contributed by atoms with Crippen LogP contribution in [0.1, 0.15) is 38.8 Å². The van der Waals surface area contributed by atoms with E-state index in [9.17, 15) is 0 Å². The quantitative estimate of drug-likeness (QED) is 0.611. The molecule has 0 N–H and O–H groups in total. The molecule has 0 fully saturated rings. The van der Waals surface area contributed by atoms with Crippen LogP contribution in [0.3, 0.4) is 0 Å². The molecule has 0 aliphatic heterocycles. The summed E-state index contributed by atoms with van der Waals surface area (Å²) in [5.74, 6) is 0. The molecule has 0 heterocycles.